The largest absolute Gasteiger partial charge is 0.368 e. The van der Waals surface area contributed by atoms with Gasteiger partial charge >= 0.3 is 0 Å². The summed E-state index contributed by atoms with van der Waals surface area (Å²) in [4.78, 5) is 11.5. The number of carbonyl (C=O) groups is 1. The minimum absolute atomic E-state index is 0.215. The maximum absolute atomic E-state index is 11.5. The minimum atomic E-state index is -0.686. The van der Waals surface area contributed by atoms with E-state index in [1.807, 2.05) is 44.6 Å². The van der Waals surface area contributed by atoms with E-state index < -0.39 is 5.54 Å². The summed E-state index contributed by atoms with van der Waals surface area (Å²) in [6.45, 7) is 8.45. The summed E-state index contributed by atoms with van der Waals surface area (Å²) in [6.07, 6.45) is 2.54. The van der Waals surface area contributed by atoms with Crippen molar-refractivity contribution in [2.24, 2.45) is 5.73 Å². The fourth-order valence-electron chi connectivity index (χ4n) is 1.83. The Kier molecular flexibility index (Phi) is 4.28. The molecule has 1 heterocycles. The molecule has 0 aliphatic carbocycles. The van der Waals surface area contributed by atoms with Crippen LogP contribution < -0.4 is 11.1 Å². The summed E-state index contributed by atoms with van der Waals surface area (Å²) >= 11 is 0. The van der Waals surface area contributed by atoms with Gasteiger partial charge in [0.1, 0.15) is 0 Å². The molecular weight excluding hydrogens is 216 g/mol. The van der Waals surface area contributed by atoms with E-state index in [0.29, 0.717) is 13.0 Å². The van der Waals surface area contributed by atoms with E-state index >= 15 is 0 Å². The molecular formula is C12H22N4O. The van der Waals surface area contributed by atoms with Crippen molar-refractivity contribution in [2.75, 3.05) is 0 Å². The normalized spacial score (nSPS) is 14.9. The van der Waals surface area contributed by atoms with Gasteiger partial charge in [0.15, 0.2) is 0 Å². The van der Waals surface area contributed by atoms with Gasteiger partial charge in [-0.2, -0.15) is 5.10 Å². The van der Waals surface area contributed by atoms with Gasteiger partial charge in [0.05, 0.1) is 11.2 Å². The number of nitrogens with zero attached hydrogens (tertiary/aromatic N) is 2. The highest BCUT2D eigenvalue weighted by molar-refractivity contribution is 5.84. The average molecular weight is 238 g/mol. The monoisotopic (exact) mass is 238 g/mol. The molecule has 0 aromatic carbocycles. The molecule has 0 aliphatic rings. The molecule has 0 saturated heterocycles. The second-order valence-corrected chi connectivity index (χ2v) is 4.97. The molecule has 17 heavy (non-hydrogen) atoms. The number of hydrogen-bond donors (Lipinski definition) is 2. The van der Waals surface area contributed by atoms with Crippen LogP contribution in [0.5, 0.6) is 0 Å². The molecule has 96 valence electrons. The second kappa shape index (κ2) is 5.31. The van der Waals surface area contributed by atoms with Gasteiger partial charge in [-0.1, -0.05) is 0 Å². The van der Waals surface area contributed by atoms with Crippen LogP contribution in [-0.4, -0.2) is 27.3 Å². The first-order valence-corrected chi connectivity index (χ1v) is 5.91. The van der Waals surface area contributed by atoms with E-state index in [2.05, 4.69) is 10.4 Å². The van der Waals surface area contributed by atoms with Crippen LogP contribution in [0.1, 0.15) is 32.9 Å². The number of carbonyl (C=O) groups excluding carboxylic acids is 1. The van der Waals surface area contributed by atoms with Gasteiger partial charge in [0.25, 0.3) is 0 Å². The molecule has 3 N–H and O–H groups in total. The average Bonchev–Trinajstić information content (AvgIpc) is 2.60. The summed E-state index contributed by atoms with van der Waals surface area (Å²) in [5.74, 6) is -0.324. The molecule has 5 nitrogen and oxygen atoms in total. The van der Waals surface area contributed by atoms with Crippen LogP contribution in [0.15, 0.2) is 12.3 Å². The van der Waals surface area contributed by atoms with E-state index in [9.17, 15) is 4.79 Å². The topological polar surface area (TPSA) is 72.9 Å². The number of nitrogens with two attached hydrogens (primary N) is 1. The third-order valence-corrected chi connectivity index (χ3v) is 2.77. The molecule has 0 bridgehead atoms. The zero-order valence-corrected chi connectivity index (χ0v) is 11.0. The molecule has 1 amide bonds. The number of aromatic nitrogens is 2. The van der Waals surface area contributed by atoms with Crippen LogP contribution in [0.3, 0.4) is 0 Å². The highest BCUT2D eigenvalue weighted by Gasteiger charge is 2.31. The molecule has 1 atom stereocenters. The molecule has 0 radical (unpaired) electrons. The van der Waals surface area contributed by atoms with E-state index in [1.165, 1.54) is 0 Å². The number of nitrogens with one attached hydrogen (secondary N) is 1. The van der Waals surface area contributed by atoms with Gasteiger partial charge in [-0.15, -0.1) is 0 Å². The molecule has 1 aromatic rings. The van der Waals surface area contributed by atoms with E-state index in [-0.39, 0.29) is 11.9 Å². The Labute approximate surface area is 102 Å². The standard InChI is InChI=1S/C12H22N4O/c1-9(2)14-12(4,11(13)17)6-8-16-7-5-10(3)15-16/h5,7,9,14H,6,8H2,1-4H3,(H2,13,17). The first kappa shape index (κ1) is 13.7. The van der Waals surface area contributed by atoms with Crippen LogP contribution in [0.25, 0.3) is 0 Å². The smallest absolute Gasteiger partial charge is 0.237 e. The molecule has 0 saturated carbocycles. The van der Waals surface area contributed by atoms with Crippen molar-refractivity contribution in [1.82, 2.24) is 15.1 Å². The Morgan fingerprint density at radius 3 is 2.71 bits per heavy atom. The third-order valence-electron chi connectivity index (χ3n) is 2.77. The first-order valence-electron chi connectivity index (χ1n) is 5.91. The van der Waals surface area contributed by atoms with Crippen molar-refractivity contribution in [3.8, 4) is 0 Å². The zero-order valence-electron chi connectivity index (χ0n) is 11.0. The van der Waals surface area contributed by atoms with E-state index in [1.54, 1.807) is 0 Å². The zero-order chi connectivity index (χ0) is 13.1. The molecule has 0 spiro atoms. The van der Waals surface area contributed by atoms with Gasteiger partial charge in [0, 0.05) is 18.8 Å². The highest BCUT2D eigenvalue weighted by atomic mass is 16.1. The molecule has 1 rings (SSSR count). The third kappa shape index (κ3) is 3.85. The number of hydrogen-bond acceptors (Lipinski definition) is 3. The lowest BCUT2D eigenvalue weighted by molar-refractivity contribution is -0.124. The first-order chi connectivity index (χ1) is 7.83. The molecule has 1 unspecified atom stereocenters. The second-order valence-electron chi connectivity index (χ2n) is 4.97. The van der Waals surface area contributed by atoms with Gasteiger partial charge in [-0.3, -0.25) is 9.48 Å². The van der Waals surface area contributed by atoms with E-state index in [4.69, 9.17) is 5.73 Å². The Bertz CT molecular complexity index is 386. The number of amides is 1. The lowest BCUT2D eigenvalue weighted by Gasteiger charge is -2.29. The van der Waals surface area contributed by atoms with Crippen LogP contribution in [0.4, 0.5) is 0 Å². The fourth-order valence-corrected chi connectivity index (χ4v) is 1.83. The number of rotatable bonds is 6. The molecule has 5 heteroatoms. The van der Waals surface area contributed by atoms with Gasteiger partial charge < -0.3 is 11.1 Å². The number of primary amides is 1. The molecule has 1 aromatic heterocycles. The van der Waals surface area contributed by atoms with Gasteiger partial charge in [-0.05, 0) is 40.2 Å². The van der Waals surface area contributed by atoms with Crippen LogP contribution in [-0.2, 0) is 11.3 Å². The number of aryl methyl sites for hydroxylation is 2. The Balaban J connectivity index is 2.64. The predicted molar refractivity (Wildman–Crippen MR) is 67.5 cm³/mol. The summed E-state index contributed by atoms with van der Waals surface area (Å²) < 4.78 is 1.83. The highest BCUT2D eigenvalue weighted by Crippen LogP contribution is 2.12. The SMILES string of the molecule is Cc1ccn(CCC(C)(NC(C)C)C(N)=O)n1. The van der Waals surface area contributed by atoms with Crippen molar-refractivity contribution < 1.29 is 4.79 Å². The van der Waals surface area contributed by atoms with Crippen molar-refractivity contribution in [3.63, 3.8) is 0 Å². The Morgan fingerprint density at radius 1 is 1.65 bits per heavy atom. The maximum Gasteiger partial charge on any atom is 0.237 e. The van der Waals surface area contributed by atoms with Crippen LogP contribution in [0.2, 0.25) is 0 Å². The van der Waals surface area contributed by atoms with Crippen molar-refractivity contribution in [1.29, 1.82) is 0 Å². The predicted octanol–water partition coefficient (Wildman–Crippen LogP) is 0.824. The lowest BCUT2D eigenvalue weighted by Crippen LogP contribution is -2.55. The summed E-state index contributed by atoms with van der Waals surface area (Å²) in [6, 6.07) is 2.16. The fraction of sp³-hybridized carbons (Fsp3) is 0.667. The lowest BCUT2D eigenvalue weighted by atomic mass is 9.96. The maximum atomic E-state index is 11.5. The van der Waals surface area contributed by atoms with E-state index in [0.717, 1.165) is 5.69 Å². The van der Waals surface area contributed by atoms with Crippen LogP contribution >= 0.6 is 0 Å². The van der Waals surface area contributed by atoms with Crippen molar-refractivity contribution in [3.05, 3.63) is 18.0 Å². The molecule has 0 aliphatic heterocycles. The van der Waals surface area contributed by atoms with Gasteiger partial charge in [0.2, 0.25) is 5.91 Å². The van der Waals surface area contributed by atoms with Crippen molar-refractivity contribution >= 4 is 5.91 Å². The quantitative estimate of drug-likeness (QED) is 0.770. The van der Waals surface area contributed by atoms with Gasteiger partial charge in [-0.25, -0.2) is 0 Å². The van der Waals surface area contributed by atoms with Crippen molar-refractivity contribution in [2.45, 2.75) is 52.2 Å². The Hall–Kier alpha value is -1.36. The minimum Gasteiger partial charge on any atom is -0.368 e. The van der Waals surface area contributed by atoms with Crippen LogP contribution in [0, 0.1) is 6.92 Å². The Morgan fingerprint density at radius 2 is 2.29 bits per heavy atom. The molecule has 0 fully saturated rings. The summed E-state index contributed by atoms with van der Waals surface area (Å²) in [5, 5.41) is 7.51. The summed E-state index contributed by atoms with van der Waals surface area (Å²) in [7, 11) is 0. The summed E-state index contributed by atoms with van der Waals surface area (Å²) in [5.41, 5.74) is 5.75.